The van der Waals surface area contributed by atoms with Crippen LogP contribution in [-0.4, -0.2) is 37.1 Å². The van der Waals surface area contributed by atoms with Gasteiger partial charge in [-0.3, -0.25) is 9.48 Å². The number of fused-ring (bicyclic) bond motifs is 1. The summed E-state index contributed by atoms with van der Waals surface area (Å²) in [6, 6.07) is 13.2. The number of nitrogens with zero attached hydrogens (tertiary/aromatic N) is 5. The Morgan fingerprint density at radius 1 is 1.12 bits per heavy atom. The van der Waals surface area contributed by atoms with Gasteiger partial charge in [0.1, 0.15) is 29.6 Å². The molecule has 7 heteroatoms. The van der Waals surface area contributed by atoms with Crippen LogP contribution in [0.15, 0.2) is 48.7 Å². The number of hydrogen-bond donors (Lipinski definition) is 0. The molecule has 7 nitrogen and oxygen atoms in total. The summed E-state index contributed by atoms with van der Waals surface area (Å²) in [4.78, 5) is 23.0. The van der Waals surface area contributed by atoms with Gasteiger partial charge in [-0.1, -0.05) is 18.2 Å². The molecule has 0 radical (unpaired) electrons. The Labute approximate surface area is 151 Å². The van der Waals surface area contributed by atoms with E-state index >= 15 is 0 Å². The van der Waals surface area contributed by atoms with E-state index in [0.29, 0.717) is 37.8 Å². The first-order valence-electron chi connectivity index (χ1n) is 8.51. The Morgan fingerprint density at radius 3 is 2.77 bits per heavy atom. The third kappa shape index (κ3) is 3.42. The van der Waals surface area contributed by atoms with Crippen LogP contribution < -0.4 is 4.74 Å². The molecule has 0 atom stereocenters. The number of rotatable bonds is 5. The van der Waals surface area contributed by atoms with Crippen LogP contribution in [0.4, 0.5) is 0 Å². The maximum Gasteiger partial charge on any atom is 0.272 e. The lowest BCUT2D eigenvalue weighted by Crippen LogP contribution is -2.40. The molecular weight excluding hydrogens is 330 g/mol. The van der Waals surface area contributed by atoms with Crippen LogP contribution in [0.3, 0.4) is 0 Å². The molecule has 0 spiro atoms. The normalized spacial score (nSPS) is 13.6. The predicted octanol–water partition coefficient (Wildman–Crippen LogP) is 2.22. The topological polar surface area (TPSA) is 73.1 Å². The van der Waals surface area contributed by atoms with Gasteiger partial charge in [-0.15, -0.1) is 0 Å². The van der Waals surface area contributed by atoms with Crippen molar-refractivity contribution < 1.29 is 9.53 Å². The summed E-state index contributed by atoms with van der Waals surface area (Å²) >= 11 is 0. The van der Waals surface area contributed by atoms with E-state index in [-0.39, 0.29) is 5.91 Å². The third-order valence-electron chi connectivity index (χ3n) is 4.24. The van der Waals surface area contributed by atoms with Crippen molar-refractivity contribution in [1.29, 1.82) is 0 Å². The number of aromatic nitrogens is 4. The summed E-state index contributed by atoms with van der Waals surface area (Å²) in [6.07, 6.45) is 1.72. The first-order valence-corrected chi connectivity index (χ1v) is 8.51. The fourth-order valence-corrected chi connectivity index (χ4v) is 2.98. The van der Waals surface area contributed by atoms with Gasteiger partial charge in [-0.25, -0.2) is 9.97 Å². The van der Waals surface area contributed by atoms with Gasteiger partial charge < -0.3 is 9.64 Å². The number of hydrogen-bond acceptors (Lipinski definition) is 5. The first-order chi connectivity index (χ1) is 12.7. The number of para-hydroxylation sites is 1. The lowest BCUT2D eigenvalue weighted by molar-refractivity contribution is 0.0681. The zero-order valence-electron chi connectivity index (χ0n) is 14.5. The Bertz CT molecular complexity index is 923. The zero-order valence-corrected chi connectivity index (χ0v) is 14.5. The number of carbonyl (C=O) groups is 1. The molecular formula is C19H19N5O2. The van der Waals surface area contributed by atoms with Crippen LogP contribution in [0.5, 0.6) is 5.75 Å². The molecule has 1 aliphatic rings. The van der Waals surface area contributed by atoms with Crippen molar-refractivity contribution in [1.82, 2.24) is 24.6 Å². The maximum absolute atomic E-state index is 12.8. The van der Waals surface area contributed by atoms with Crippen LogP contribution in [0.1, 0.15) is 27.7 Å². The highest BCUT2D eigenvalue weighted by molar-refractivity contribution is 5.93. The minimum atomic E-state index is -0.0361. The molecule has 26 heavy (non-hydrogen) atoms. The van der Waals surface area contributed by atoms with E-state index in [2.05, 4.69) is 15.1 Å². The molecule has 0 N–H and O–H groups in total. The van der Waals surface area contributed by atoms with Crippen molar-refractivity contribution >= 4 is 5.91 Å². The van der Waals surface area contributed by atoms with Crippen molar-refractivity contribution in [2.45, 2.75) is 26.6 Å². The molecule has 0 aliphatic carbocycles. The summed E-state index contributed by atoms with van der Waals surface area (Å²) < 4.78 is 7.48. The van der Waals surface area contributed by atoms with E-state index in [4.69, 9.17) is 4.74 Å². The Hall–Kier alpha value is -3.22. The van der Waals surface area contributed by atoms with Crippen molar-refractivity contribution in [2.75, 3.05) is 6.54 Å². The molecule has 1 aromatic carbocycles. The Kier molecular flexibility index (Phi) is 4.35. The fraction of sp³-hybridized carbons (Fsp3) is 0.263. The lowest BCUT2D eigenvalue weighted by atomic mass is 10.2. The second-order valence-corrected chi connectivity index (χ2v) is 6.17. The highest BCUT2D eigenvalue weighted by Crippen LogP contribution is 2.17. The third-order valence-corrected chi connectivity index (χ3v) is 4.24. The van der Waals surface area contributed by atoms with Crippen molar-refractivity contribution in [2.24, 2.45) is 0 Å². The van der Waals surface area contributed by atoms with E-state index in [0.717, 1.165) is 17.1 Å². The van der Waals surface area contributed by atoms with E-state index in [9.17, 15) is 4.79 Å². The summed E-state index contributed by atoms with van der Waals surface area (Å²) in [5.41, 5.74) is 2.18. The van der Waals surface area contributed by atoms with Crippen LogP contribution in [0.2, 0.25) is 0 Å². The quantitative estimate of drug-likeness (QED) is 0.706. The summed E-state index contributed by atoms with van der Waals surface area (Å²) in [5.74, 6) is 1.45. The molecule has 3 heterocycles. The predicted molar refractivity (Wildman–Crippen MR) is 94.5 cm³/mol. The minimum absolute atomic E-state index is 0.0361. The second-order valence-electron chi connectivity index (χ2n) is 6.17. The molecule has 1 aliphatic heterocycles. The molecule has 2 aromatic heterocycles. The van der Waals surface area contributed by atoms with E-state index in [1.54, 1.807) is 15.8 Å². The van der Waals surface area contributed by atoms with Gasteiger partial charge in [0, 0.05) is 12.7 Å². The molecule has 3 aromatic rings. The van der Waals surface area contributed by atoms with Crippen LogP contribution in [0.25, 0.3) is 0 Å². The van der Waals surface area contributed by atoms with Gasteiger partial charge in [0.2, 0.25) is 0 Å². The number of carbonyl (C=O) groups excluding carboxylic acids is 1. The second kappa shape index (κ2) is 6.95. The monoisotopic (exact) mass is 349 g/mol. The van der Waals surface area contributed by atoms with Gasteiger partial charge in [-0.05, 0) is 31.2 Å². The maximum atomic E-state index is 12.8. The smallest absolute Gasteiger partial charge is 0.272 e. The van der Waals surface area contributed by atoms with Crippen molar-refractivity contribution in [3.8, 4) is 5.75 Å². The van der Waals surface area contributed by atoms with E-state index < -0.39 is 0 Å². The molecule has 0 saturated carbocycles. The van der Waals surface area contributed by atoms with Crippen LogP contribution >= 0.6 is 0 Å². The fourth-order valence-electron chi connectivity index (χ4n) is 2.98. The van der Waals surface area contributed by atoms with Crippen molar-refractivity contribution in [3.05, 3.63) is 71.6 Å². The average Bonchev–Trinajstić information content (AvgIpc) is 3.07. The average molecular weight is 349 g/mol. The summed E-state index contributed by atoms with van der Waals surface area (Å²) in [5, 5.41) is 4.49. The standard InChI is InChI=1S/C19H19N5O2/c1-14-20-8-7-15(21-14)12-23-9-10-24-18(19(23)25)11-16(22-24)13-26-17-5-3-2-4-6-17/h2-8,11H,9-10,12-13H2,1H3. The lowest BCUT2D eigenvalue weighted by Gasteiger charge is -2.27. The summed E-state index contributed by atoms with van der Waals surface area (Å²) in [6.45, 7) is 3.92. The number of amides is 1. The minimum Gasteiger partial charge on any atom is -0.487 e. The highest BCUT2D eigenvalue weighted by Gasteiger charge is 2.26. The van der Waals surface area contributed by atoms with E-state index in [1.807, 2.05) is 49.4 Å². The molecule has 132 valence electrons. The van der Waals surface area contributed by atoms with Gasteiger partial charge in [0.15, 0.2) is 0 Å². The molecule has 0 saturated heterocycles. The van der Waals surface area contributed by atoms with Crippen molar-refractivity contribution in [3.63, 3.8) is 0 Å². The zero-order chi connectivity index (χ0) is 17.9. The SMILES string of the molecule is Cc1nccc(CN2CCn3nc(COc4ccccc4)cc3C2=O)n1. The summed E-state index contributed by atoms with van der Waals surface area (Å²) in [7, 11) is 0. The van der Waals surface area contributed by atoms with Gasteiger partial charge in [-0.2, -0.15) is 5.10 Å². The molecule has 4 rings (SSSR count). The molecule has 1 amide bonds. The number of benzene rings is 1. The first kappa shape index (κ1) is 16.3. The molecule has 0 fully saturated rings. The largest absolute Gasteiger partial charge is 0.487 e. The van der Waals surface area contributed by atoms with Crippen LogP contribution in [0, 0.1) is 6.92 Å². The van der Waals surface area contributed by atoms with Gasteiger partial charge >= 0.3 is 0 Å². The Balaban J connectivity index is 1.45. The number of aryl methyl sites for hydroxylation is 1. The van der Waals surface area contributed by atoms with E-state index in [1.165, 1.54) is 0 Å². The Morgan fingerprint density at radius 2 is 1.96 bits per heavy atom. The molecule has 0 bridgehead atoms. The number of ether oxygens (including phenoxy) is 1. The van der Waals surface area contributed by atoms with Crippen LogP contribution in [-0.2, 0) is 19.7 Å². The van der Waals surface area contributed by atoms with Gasteiger partial charge in [0.05, 0.1) is 18.8 Å². The molecule has 0 unspecified atom stereocenters. The highest BCUT2D eigenvalue weighted by atomic mass is 16.5. The van der Waals surface area contributed by atoms with Gasteiger partial charge in [0.25, 0.3) is 5.91 Å².